The van der Waals surface area contributed by atoms with Gasteiger partial charge in [-0.25, -0.2) is 9.59 Å². The normalized spacial score (nSPS) is 12.1. The Balaban J connectivity index is 1.98. The smallest absolute Gasteiger partial charge is 0.349 e. The molecule has 0 fully saturated rings. The Bertz CT molecular complexity index is 1240. The highest BCUT2D eigenvalue weighted by atomic mass is 16.6. The van der Waals surface area contributed by atoms with Crippen molar-refractivity contribution in [2.75, 3.05) is 42.6 Å². The minimum atomic E-state index is -0.823. The Morgan fingerprint density at radius 2 is 1.13 bits per heavy atom. The maximum absolute atomic E-state index is 12.5. The van der Waals surface area contributed by atoms with Gasteiger partial charge >= 0.3 is 11.9 Å². The summed E-state index contributed by atoms with van der Waals surface area (Å²) in [6.07, 6.45) is 2.08. The van der Waals surface area contributed by atoms with E-state index in [-0.39, 0.29) is 17.8 Å². The maximum Gasteiger partial charge on any atom is 0.349 e. The first kappa shape index (κ1) is 30.7. The molecule has 0 aromatic heterocycles. The van der Waals surface area contributed by atoms with Crippen molar-refractivity contribution in [1.29, 1.82) is 10.5 Å². The van der Waals surface area contributed by atoms with E-state index >= 15 is 0 Å². The third-order valence-corrected chi connectivity index (χ3v) is 6.10. The molecule has 39 heavy (non-hydrogen) atoms. The molecule has 0 saturated carbocycles. The van der Waals surface area contributed by atoms with E-state index in [4.69, 9.17) is 9.47 Å². The van der Waals surface area contributed by atoms with Crippen molar-refractivity contribution in [2.45, 2.75) is 40.7 Å². The van der Waals surface area contributed by atoms with Crippen molar-refractivity contribution in [1.82, 2.24) is 0 Å². The number of ether oxygens (including phenoxy) is 2. The molecule has 0 aliphatic carbocycles. The van der Waals surface area contributed by atoms with Crippen LogP contribution in [0.5, 0.6) is 0 Å². The van der Waals surface area contributed by atoms with Gasteiger partial charge in [-0.3, -0.25) is 0 Å². The molecule has 0 aliphatic heterocycles. The SMILES string of the molecule is CCN(CC)c1ccc(C=C(C#N)C(=O)OCC(C)OC(=O)C(C#N)=Cc2ccc(N(CC)CC)cc2)cc1. The zero-order valence-electron chi connectivity index (χ0n) is 23.3. The van der Waals surface area contributed by atoms with Crippen LogP contribution in [-0.4, -0.2) is 50.8 Å². The zero-order valence-corrected chi connectivity index (χ0v) is 23.3. The van der Waals surface area contributed by atoms with E-state index in [2.05, 4.69) is 37.5 Å². The predicted octanol–water partition coefficient (Wildman–Crippen LogP) is 5.37. The van der Waals surface area contributed by atoms with Crippen LogP contribution in [0.15, 0.2) is 59.7 Å². The number of anilines is 2. The molecule has 1 unspecified atom stereocenters. The summed E-state index contributed by atoms with van der Waals surface area (Å²) in [5, 5.41) is 18.9. The van der Waals surface area contributed by atoms with Crippen molar-refractivity contribution >= 4 is 35.5 Å². The van der Waals surface area contributed by atoms with Crippen LogP contribution in [0.1, 0.15) is 45.7 Å². The van der Waals surface area contributed by atoms with Crippen LogP contribution >= 0.6 is 0 Å². The Kier molecular flexibility index (Phi) is 12.3. The molecule has 0 amide bonds. The molecule has 8 heteroatoms. The monoisotopic (exact) mass is 528 g/mol. The number of nitrogens with zero attached hydrogens (tertiary/aromatic N) is 4. The summed E-state index contributed by atoms with van der Waals surface area (Å²) in [4.78, 5) is 29.4. The first-order valence-corrected chi connectivity index (χ1v) is 13.1. The minimum Gasteiger partial charge on any atom is -0.458 e. The van der Waals surface area contributed by atoms with Crippen molar-refractivity contribution in [3.63, 3.8) is 0 Å². The first-order valence-electron chi connectivity index (χ1n) is 13.1. The van der Waals surface area contributed by atoms with Gasteiger partial charge in [0, 0.05) is 37.6 Å². The average molecular weight is 529 g/mol. The average Bonchev–Trinajstić information content (AvgIpc) is 2.96. The fourth-order valence-corrected chi connectivity index (χ4v) is 3.90. The van der Waals surface area contributed by atoms with Crippen LogP contribution in [0.25, 0.3) is 12.2 Å². The van der Waals surface area contributed by atoms with Gasteiger partial charge in [0.2, 0.25) is 0 Å². The van der Waals surface area contributed by atoms with Gasteiger partial charge in [0.05, 0.1) is 0 Å². The maximum atomic E-state index is 12.5. The van der Waals surface area contributed by atoms with E-state index in [9.17, 15) is 20.1 Å². The lowest BCUT2D eigenvalue weighted by molar-refractivity contribution is -0.152. The third-order valence-electron chi connectivity index (χ3n) is 6.10. The first-order chi connectivity index (χ1) is 18.8. The Morgan fingerprint density at radius 3 is 1.49 bits per heavy atom. The molecule has 0 N–H and O–H groups in total. The fraction of sp³-hybridized carbons (Fsp3) is 0.355. The highest BCUT2D eigenvalue weighted by molar-refractivity contribution is 5.98. The van der Waals surface area contributed by atoms with E-state index in [1.54, 1.807) is 6.92 Å². The van der Waals surface area contributed by atoms with Crippen LogP contribution in [0.4, 0.5) is 11.4 Å². The summed E-state index contributed by atoms with van der Waals surface area (Å²) in [6, 6.07) is 18.8. The molecule has 1 atom stereocenters. The highest BCUT2D eigenvalue weighted by Gasteiger charge is 2.18. The van der Waals surface area contributed by atoms with Gasteiger partial charge in [0.25, 0.3) is 0 Å². The lowest BCUT2D eigenvalue weighted by Crippen LogP contribution is -2.23. The molecule has 204 valence electrons. The van der Waals surface area contributed by atoms with Gasteiger partial charge in [-0.15, -0.1) is 0 Å². The number of benzene rings is 2. The number of nitriles is 2. The second kappa shape index (κ2) is 15.6. The number of hydrogen-bond acceptors (Lipinski definition) is 8. The number of esters is 2. The molecule has 0 heterocycles. The van der Waals surface area contributed by atoms with E-state index in [0.29, 0.717) is 11.1 Å². The van der Waals surface area contributed by atoms with Crippen LogP contribution in [-0.2, 0) is 19.1 Å². The van der Waals surface area contributed by atoms with Crippen molar-refractivity contribution in [3.05, 3.63) is 70.8 Å². The molecule has 2 aromatic rings. The second-order valence-electron chi connectivity index (χ2n) is 8.68. The molecule has 0 bridgehead atoms. The minimum absolute atomic E-state index is 0.171. The molecule has 0 spiro atoms. The number of hydrogen-bond donors (Lipinski definition) is 0. The standard InChI is InChI=1S/C31H36N4O4/c1-6-34(7-2)28-14-10-24(11-15-28)18-26(20-32)30(36)38-22-23(5)39-31(37)27(21-33)19-25-12-16-29(17-13-25)35(8-3)9-4/h10-19,23H,6-9,22H2,1-5H3. The lowest BCUT2D eigenvalue weighted by atomic mass is 10.1. The summed E-state index contributed by atoms with van der Waals surface area (Å²) in [7, 11) is 0. The van der Waals surface area contributed by atoms with Crippen LogP contribution in [0, 0.1) is 22.7 Å². The second-order valence-corrected chi connectivity index (χ2v) is 8.68. The van der Waals surface area contributed by atoms with Crippen molar-refractivity contribution in [3.8, 4) is 12.1 Å². The largest absolute Gasteiger partial charge is 0.458 e. The molecule has 0 radical (unpaired) electrons. The highest BCUT2D eigenvalue weighted by Crippen LogP contribution is 2.18. The molecular formula is C31H36N4O4. The van der Waals surface area contributed by atoms with E-state index in [1.807, 2.05) is 60.7 Å². The number of carbonyl (C=O) groups is 2. The molecule has 2 rings (SSSR count). The summed E-state index contributed by atoms with van der Waals surface area (Å²) in [5.74, 6) is -1.64. The van der Waals surface area contributed by atoms with Gasteiger partial charge < -0.3 is 19.3 Å². The van der Waals surface area contributed by atoms with Crippen molar-refractivity contribution in [2.24, 2.45) is 0 Å². The number of rotatable bonds is 13. The summed E-state index contributed by atoms with van der Waals surface area (Å²) < 4.78 is 10.5. The third kappa shape index (κ3) is 9.05. The fourth-order valence-electron chi connectivity index (χ4n) is 3.90. The van der Waals surface area contributed by atoms with E-state index < -0.39 is 18.0 Å². The van der Waals surface area contributed by atoms with E-state index in [1.165, 1.54) is 12.2 Å². The Labute approximate surface area is 231 Å². The van der Waals surface area contributed by atoms with Crippen LogP contribution in [0.2, 0.25) is 0 Å². The lowest BCUT2D eigenvalue weighted by Gasteiger charge is -2.20. The molecule has 8 nitrogen and oxygen atoms in total. The zero-order chi connectivity index (χ0) is 28.8. The van der Waals surface area contributed by atoms with E-state index in [0.717, 1.165) is 37.6 Å². The van der Waals surface area contributed by atoms with Crippen LogP contribution < -0.4 is 9.80 Å². The van der Waals surface area contributed by atoms with Gasteiger partial charge in [-0.1, -0.05) is 24.3 Å². The summed E-state index contributed by atoms with van der Waals surface area (Å²) in [6.45, 7) is 13.1. The Morgan fingerprint density at radius 1 is 0.744 bits per heavy atom. The number of carbonyl (C=O) groups excluding carboxylic acids is 2. The topological polar surface area (TPSA) is 107 Å². The molecule has 2 aromatic carbocycles. The van der Waals surface area contributed by atoms with Gasteiger partial charge in [-0.2, -0.15) is 10.5 Å². The predicted molar refractivity (Wildman–Crippen MR) is 154 cm³/mol. The van der Waals surface area contributed by atoms with Crippen molar-refractivity contribution < 1.29 is 19.1 Å². The van der Waals surface area contributed by atoms with Crippen LogP contribution in [0.3, 0.4) is 0 Å². The summed E-state index contributed by atoms with van der Waals surface area (Å²) >= 11 is 0. The summed E-state index contributed by atoms with van der Waals surface area (Å²) in [5.41, 5.74) is 3.14. The molecule has 0 aliphatic rings. The quantitative estimate of drug-likeness (QED) is 0.194. The van der Waals surface area contributed by atoms with Gasteiger partial charge in [-0.05, 0) is 82.2 Å². The Hall–Kier alpha value is -4.56. The molecular weight excluding hydrogens is 492 g/mol. The van der Waals surface area contributed by atoms with Gasteiger partial charge in [0.1, 0.15) is 36.0 Å². The van der Waals surface area contributed by atoms with Gasteiger partial charge in [0.15, 0.2) is 0 Å². The molecule has 0 saturated heterocycles.